The van der Waals surface area contributed by atoms with Crippen LogP contribution in [0.15, 0.2) is 30.3 Å². The molecule has 0 saturated carbocycles. The Balaban J connectivity index is 1.66. The second-order valence-electron chi connectivity index (χ2n) is 7.40. The lowest BCUT2D eigenvalue weighted by Crippen LogP contribution is -2.46. The molecule has 3 heterocycles. The molecule has 28 heavy (non-hydrogen) atoms. The molecule has 1 aromatic heterocycles. The Morgan fingerprint density at radius 1 is 1.14 bits per heavy atom. The Morgan fingerprint density at radius 3 is 2.75 bits per heavy atom. The van der Waals surface area contributed by atoms with Gasteiger partial charge >= 0.3 is 5.97 Å². The van der Waals surface area contributed by atoms with Crippen LogP contribution < -0.4 is 0 Å². The molecule has 7 nitrogen and oxygen atoms in total. The van der Waals surface area contributed by atoms with E-state index in [2.05, 4.69) is 4.57 Å². The minimum atomic E-state index is -0.915. The first-order valence-electron chi connectivity index (χ1n) is 9.91. The highest BCUT2D eigenvalue weighted by Crippen LogP contribution is 2.28. The van der Waals surface area contributed by atoms with Crippen molar-refractivity contribution in [3.05, 3.63) is 41.7 Å². The van der Waals surface area contributed by atoms with E-state index in [0.29, 0.717) is 18.8 Å². The average Bonchev–Trinajstić information content (AvgIpc) is 2.89. The van der Waals surface area contributed by atoms with E-state index in [4.69, 9.17) is 14.8 Å². The number of fused-ring (bicyclic) bond motifs is 1. The van der Waals surface area contributed by atoms with Crippen molar-refractivity contribution in [2.24, 2.45) is 0 Å². The van der Waals surface area contributed by atoms with E-state index in [-0.39, 0.29) is 18.9 Å². The van der Waals surface area contributed by atoms with Crippen LogP contribution in [0.5, 0.6) is 0 Å². The fourth-order valence-corrected chi connectivity index (χ4v) is 4.07. The number of rotatable bonds is 4. The number of carbonyl (C=O) groups is 2. The summed E-state index contributed by atoms with van der Waals surface area (Å²) in [5, 5.41) is 9.03. The van der Waals surface area contributed by atoms with Crippen molar-refractivity contribution in [2.75, 3.05) is 19.7 Å². The van der Waals surface area contributed by atoms with E-state index >= 15 is 0 Å². The van der Waals surface area contributed by atoms with E-state index in [1.165, 1.54) is 0 Å². The minimum Gasteiger partial charge on any atom is -0.481 e. The van der Waals surface area contributed by atoms with Gasteiger partial charge in [0.1, 0.15) is 11.5 Å². The van der Waals surface area contributed by atoms with Crippen LogP contribution in [0.3, 0.4) is 0 Å². The fourth-order valence-electron chi connectivity index (χ4n) is 4.07. The number of imidazole rings is 1. The van der Waals surface area contributed by atoms with Gasteiger partial charge in [0.25, 0.3) is 5.91 Å². The average molecular weight is 383 g/mol. The summed E-state index contributed by atoms with van der Waals surface area (Å²) in [5.74, 6) is -0.191. The number of carboxylic acids is 1. The maximum absolute atomic E-state index is 13.3. The number of hydrogen-bond donors (Lipinski definition) is 1. The molecule has 1 fully saturated rings. The van der Waals surface area contributed by atoms with Gasteiger partial charge in [-0.25, -0.2) is 4.98 Å². The molecule has 2 aromatic rings. The fraction of sp³-hybridized carbons (Fsp3) is 0.476. The summed E-state index contributed by atoms with van der Waals surface area (Å²) in [6.07, 6.45) is 3.54. The summed E-state index contributed by atoms with van der Waals surface area (Å²) in [6, 6.07) is 9.97. The highest BCUT2D eigenvalue weighted by atomic mass is 16.5. The highest BCUT2D eigenvalue weighted by molar-refractivity contribution is 5.94. The van der Waals surface area contributed by atoms with Gasteiger partial charge in [-0.1, -0.05) is 36.8 Å². The number of ether oxygens (including phenoxy) is 1. The maximum atomic E-state index is 13.3. The molecule has 1 saturated heterocycles. The van der Waals surface area contributed by atoms with Gasteiger partial charge in [0.2, 0.25) is 0 Å². The summed E-state index contributed by atoms with van der Waals surface area (Å²) in [4.78, 5) is 30.8. The van der Waals surface area contributed by atoms with Gasteiger partial charge in [0.05, 0.1) is 24.8 Å². The molecule has 0 radical (unpaired) electrons. The van der Waals surface area contributed by atoms with Gasteiger partial charge in [0, 0.05) is 25.2 Å². The molecular weight excluding hydrogens is 358 g/mol. The van der Waals surface area contributed by atoms with E-state index in [0.717, 1.165) is 49.3 Å². The van der Waals surface area contributed by atoms with Crippen LogP contribution in [0.4, 0.5) is 0 Å². The third kappa shape index (κ3) is 3.80. The van der Waals surface area contributed by atoms with Crippen molar-refractivity contribution < 1.29 is 19.4 Å². The molecule has 1 amide bonds. The first-order chi connectivity index (χ1) is 13.6. The Labute approximate surface area is 163 Å². The van der Waals surface area contributed by atoms with Crippen molar-refractivity contribution in [1.29, 1.82) is 0 Å². The molecular formula is C21H25N3O4. The largest absolute Gasteiger partial charge is 0.481 e. The zero-order valence-corrected chi connectivity index (χ0v) is 15.8. The lowest BCUT2D eigenvalue weighted by Gasteiger charge is -2.32. The van der Waals surface area contributed by atoms with Gasteiger partial charge in [0.15, 0.2) is 0 Å². The van der Waals surface area contributed by atoms with Gasteiger partial charge in [-0.2, -0.15) is 0 Å². The van der Waals surface area contributed by atoms with E-state index in [9.17, 15) is 9.59 Å². The predicted molar refractivity (Wildman–Crippen MR) is 103 cm³/mol. The molecule has 4 rings (SSSR count). The number of aliphatic carboxylic acids is 1. The van der Waals surface area contributed by atoms with Crippen LogP contribution in [0, 0.1) is 0 Å². The number of carboxylic acid groups (broad SMARTS) is 1. The smallest absolute Gasteiger partial charge is 0.306 e. The molecule has 2 aliphatic heterocycles. The van der Waals surface area contributed by atoms with Gasteiger partial charge in [-0.3, -0.25) is 9.59 Å². The molecule has 0 spiro atoms. The summed E-state index contributed by atoms with van der Waals surface area (Å²) < 4.78 is 7.71. The van der Waals surface area contributed by atoms with E-state index in [1.54, 1.807) is 4.90 Å². The Hall–Kier alpha value is -2.67. The van der Waals surface area contributed by atoms with Crippen molar-refractivity contribution in [3.8, 4) is 11.4 Å². The Bertz CT molecular complexity index is 862. The van der Waals surface area contributed by atoms with Gasteiger partial charge in [-0.15, -0.1) is 0 Å². The number of morpholine rings is 1. The summed E-state index contributed by atoms with van der Waals surface area (Å²) in [7, 11) is 0. The van der Waals surface area contributed by atoms with E-state index in [1.807, 2.05) is 30.3 Å². The molecule has 0 aliphatic carbocycles. The van der Waals surface area contributed by atoms with Crippen LogP contribution in [0.25, 0.3) is 11.4 Å². The van der Waals surface area contributed by atoms with Crippen LogP contribution in [-0.4, -0.2) is 57.2 Å². The standard InChI is InChI=1S/C21H25N3O4/c25-18(26)13-16-14-23(11-12-28-16)21(27)19-17-9-5-2-6-10-24(17)20(22-19)15-7-3-1-4-8-15/h1,3-4,7-8,16H,2,5-6,9-14H2,(H,25,26). The molecule has 1 N–H and O–H groups in total. The third-order valence-electron chi connectivity index (χ3n) is 5.43. The number of carbonyl (C=O) groups excluding carboxylic acids is 1. The summed E-state index contributed by atoms with van der Waals surface area (Å²) in [5.41, 5.74) is 2.52. The van der Waals surface area contributed by atoms with Crippen molar-refractivity contribution in [1.82, 2.24) is 14.5 Å². The second kappa shape index (κ2) is 8.14. The van der Waals surface area contributed by atoms with Gasteiger partial charge < -0.3 is 19.3 Å². The Kier molecular flexibility index (Phi) is 5.43. The Morgan fingerprint density at radius 2 is 1.96 bits per heavy atom. The number of hydrogen-bond acceptors (Lipinski definition) is 4. The zero-order chi connectivity index (χ0) is 19.5. The highest BCUT2D eigenvalue weighted by Gasteiger charge is 2.31. The number of benzene rings is 1. The maximum Gasteiger partial charge on any atom is 0.306 e. The predicted octanol–water partition coefficient (Wildman–Crippen LogP) is 2.59. The van der Waals surface area contributed by atoms with Crippen molar-refractivity contribution in [2.45, 2.75) is 44.8 Å². The normalized spacial score (nSPS) is 19.7. The SMILES string of the molecule is O=C(O)CC1CN(C(=O)c2nc(-c3ccccc3)n3c2CCCCC3)CCO1. The lowest BCUT2D eigenvalue weighted by molar-refractivity contribution is -0.141. The third-order valence-corrected chi connectivity index (χ3v) is 5.43. The van der Waals surface area contributed by atoms with Crippen molar-refractivity contribution in [3.63, 3.8) is 0 Å². The molecule has 2 aliphatic rings. The lowest BCUT2D eigenvalue weighted by atomic mass is 10.1. The van der Waals surface area contributed by atoms with E-state index < -0.39 is 12.1 Å². The second-order valence-corrected chi connectivity index (χ2v) is 7.40. The topological polar surface area (TPSA) is 84.7 Å². The van der Waals surface area contributed by atoms with Crippen LogP contribution in [0.2, 0.25) is 0 Å². The van der Waals surface area contributed by atoms with Crippen LogP contribution >= 0.6 is 0 Å². The molecule has 148 valence electrons. The first-order valence-corrected chi connectivity index (χ1v) is 9.91. The number of nitrogens with zero attached hydrogens (tertiary/aromatic N) is 3. The van der Waals surface area contributed by atoms with Crippen molar-refractivity contribution >= 4 is 11.9 Å². The summed E-state index contributed by atoms with van der Waals surface area (Å²) in [6.45, 7) is 1.97. The molecule has 1 atom stereocenters. The molecule has 7 heteroatoms. The minimum absolute atomic E-state index is 0.0969. The number of amides is 1. The number of aromatic nitrogens is 2. The zero-order valence-electron chi connectivity index (χ0n) is 15.8. The van der Waals surface area contributed by atoms with Crippen LogP contribution in [-0.2, 0) is 22.5 Å². The van der Waals surface area contributed by atoms with Crippen LogP contribution in [0.1, 0.15) is 41.9 Å². The quantitative estimate of drug-likeness (QED) is 0.877. The monoisotopic (exact) mass is 383 g/mol. The first kappa shape index (κ1) is 18.7. The molecule has 0 bridgehead atoms. The summed E-state index contributed by atoms with van der Waals surface area (Å²) >= 11 is 0. The molecule has 1 unspecified atom stereocenters. The molecule has 1 aromatic carbocycles. The van der Waals surface area contributed by atoms with Gasteiger partial charge in [-0.05, 0) is 19.3 Å².